The molecule has 0 N–H and O–H groups in total. The maximum Gasteiger partial charge on any atom is 0.261 e. The first-order chi connectivity index (χ1) is 12.0. The molecule has 0 aliphatic rings. The van der Waals surface area contributed by atoms with Crippen LogP contribution in [-0.2, 0) is 27.9 Å². The summed E-state index contributed by atoms with van der Waals surface area (Å²) in [6, 6.07) is 9.77. The molecule has 0 spiro atoms. The number of nitrogens with zero attached hydrogens (tertiary/aromatic N) is 4. The second kappa shape index (κ2) is 7.59. The van der Waals surface area contributed by atoms with Gasteiger partial charge in [0, 0.05) is 32.4 Å². The van der Waals surface area contributed by atoms with Crippen LogP contribution in [0.4, 0.5) is 0 Å². The molecule has 0 saturated heterocycles. The molecule has 0 atom stereocenters. The van der Waals surface area contributed by atoms with Crippen LogP contribution >= 0.6 is 0 Å². The van der Waals surface area contributed by atoms with Crippen molar-refractivity contribution in [2.24, 2.45) is 0 Å². The minimum atomic E-state index is -3.61. The topological polar surface area (TPSA) is 75.5 Å². The molecule has 1 aromatic heterocycles. The molecule has 7 nitrogen and oxygen atoms in total. The van der Waals surface area contributed by atoms with Gasteiger partial charge < -0.3 is 9.47 Å². The standard InChI is InChI=1S/C18H26N4O3S/c1-18(2,3)22(11-15-9-7-6-8-10-15)17(23)13-21-12-16(19-14-21)26(24,25)20(4)5/h6-10,12,14H,11,13H2,1-5H3. The molecule has 0 aliphatic heterocycles. The minimum absolute atomic E-state index is 0.0278. The van der Waals surface area contributed by atoms with Gasteiger partial charge in [0.1, 0.15) is 6.54 Å². The van der Waals surface area contributed by atoms with Crippen molar-refractivity contribution in [3.8, 4) is 0 Å². The Balaban J connectivity index is 2.19. The molecule has 8 heteroatoms. The molecule has 0 aliphatic carbocycles. The Morgan fingerprint density at radius 3 is 2.31 bits per heavy atom. The molecule has 1 aromatic carbocycles. The van der Waals surface area contributed by atoms with Crippen molar-refractivity contribution in [1.82, 2.24) is 18.8 Å². The Morgan fingerprint density at radius 1 is 1.15 bits per heavy atom. The summed E-state index contributed by atoms with van der Waals surface area (Å²) >= 11 is 0. The number of hydrogen-bond acceptors (Lipinski definition) is 4. The van der Waals surface area contributed by atoms with Crippen LogP contribution < -0.4 is 0 Å². The number of imidazole rings is 1. The maximum atomic E-state index is 12.9. The Hall–Kier alpha value is -2.19. The van der Waals surface area contributed by atoms with Crippen LogP contribution in [0.15, 0.2) is 47.9 Å². The quantitative estimate of drug-likeness (QED) is 0.770. The summed E-state index contributed by atoms with van der Waals surface area (Å²) in [7, 11) is -0.722. The van der Waals surface area contributed by atoms with E-state index >= 15 is 0 Å². The van der Waals surface area contributed by atoms with E-state index in [-0.39, 0.29) is 23.0 Å². The zero-order valence-electron chi connectivity index (χ0n) is 15.9. The van der Waals surface area contributed by atoms with Crippen molar-refractivity contribution >= 4 is 15.9 Å². The van der Waals surface area contributed by atoms with E-state index in [0.717, 1.165) is 9.87 Å². The summed E-state index contributed by atoms with van der Waals surface area (Å²) in [5.41, 5.74) is 0.670. The zero-order chi connectivity index (χ0) is 19.5. The van der Waals surface area contributed by atoms with E-state index in [0.29, 0.717) is 6.54 Å². The van der Waals surface area contributed by atoms with Gasteiger partial charge in [0.15, 0.2) is 5.03 Å². The highest BCUT2D eigenvalue weighted by atomic mass is 32.2. The second-order valence-electron chi connectivity index (χ2n) is 7.31. The molecule has 1 amide bonds. The molecule has 0 saturated carbocycles. The summed E-state index contributed by atoms with van der Waals surface area (Å²) in [5.74, 6) is -0.104. The normalized spacial score (nSPS) is 12.4. The Bertz CT molecular complexity index is 852. The third kappa shape index (κ3) is 4.70. The molecule has 0 bridgehead atoms. The number of sulfonamides is 1. The van der Waals surface area contributed by atoms with E-state index < -0.39 is 10.0 Å². The maximum absolute atomic E-state index is 12.9. The van der Waals surface area contributed by atoms with Gasteiger partial charge in [-0.05, 0) is 26.3 Å². The van der Waals surface area contributed by atoms with Crippen molar-refractivity contribution in [3.63, 3.8) is 0 Å². The average Bonchev–Trinajstić information content (AvgIpc) is 3.01. The smallest absolute Gasteiger partial charge is 0.261 e. The van der Waals surface area contributed by atoms with Crippen molar-refractivity contribution in [2.75, 3.05) is 14.1 Å². The van der Waals surface area contributed by atoms with E-state index in [2.05, 4.69) is 4.98 Å². The second-order valence-corrected chi connectivity index (χ2v) is 9.41. The van der Waals surface area contributed by atoms with E-state index in [1.807, 2.05) is 51.1 Å². The van der Waals surface area contributed by atoms with E-state index in [4.69, 9.17) is 0 Å². The Kier molecular flexibility index (Phi) is 5.87. The van der Waals surface area contributed by atoms with Crippen LogP contribution in [-0.4, -0.2) is 52.7 Å². The Morgan fingerprint density at radius 2 is 1.77 bits per heavy atom. The average molecular weight is 378 g/mol. The number of rotatable bonds is 6. The number of amides is 1. The van der Waals surface area contributed by atoms with Crippen molar-refractivity contribution < 1.29 is 13.2 Å². The van der Waals surface area contributed by atoms with Crippen LogP contribution in [0.1, 0.15) is 26.3 Å². The van der Waals surface area contributed by atoms with Crippen LogP contribution in [0.5, 0.6) is 0 Å². The van der Waals surface area contributed by atoms with Crippen molar-refractivity contribution in [2.45, 2.75) is 44.4 Å². The molecular weight excluding hydrogens is 352 g/mol. The highest BCUT2D eigenvalue weighted by Crippen LogP contribution is 2.19. The number of carbonyl (C=O) groups is 1. The van der Waals surface area contributed by atoms with Crippen LogP contribution in [0.25, 0.3) is 0 Å². The van der Waals surface area contributed by atoms with E-state index in [1.165, 1.54) is 31.2 Å². The first kappa shape index (κ1) is 20.1. The fourth-order valence-corrected chi connectivity index (χ4v) is 3.28. The number of carbonyl (C=O) groups excluding carboxylic acids is 1. The summed E-state index contributed by atoms with van der Waals surface area (Å²) in [4.78, 5) is 18.6. The van der Waals surface area contributed by atoms with Gasteiger partial charge in [0.25, 0.3) is 10.0 Å². The molecule has 142 valence electrons. The predicted octanol–water partition coefficient (Wildman–Crippen LogP) is 1.96. The third-order valence-corrected chi connectivity index (χ3v) is 5.67. The molecule has 26 heavy (non-hydrogen) atoms. The molecule has 2 aromatic rings. The SMILES string of the molecule is CN(C)S(=O)(=O)c1cn(CC(=O)N(Cc2ccccc2)C(C)(C)C)cn1. The van der Waals surface area contributed by atoms with Gasteiger partial charge in [-0.1, -0.05) is 30.3 Å². The van der Waals surface area contributed by atoms with Crippen LogP contribution in [0.3, 0.4) is 0 Å². The van der Waals surface area contributed by atoms with Crippen molar-refractivity contribution in [3.05, 3.63) is 48.4 Å². The molecule has 2 rings (SSSR count). The predicted molar refractivity (Wildman–Crippen MR) is 99.8 cm³/mol. The number of hydrogen-bond donors (Lipinski definition) is 0. The molecular formula is C18H26N4O3S. The molecule has 0 radical (unpaired) electrons. The Labute approximate surface area is 155 Å². The lowest BCUT2D eigenvalue weighted by atomic mass is 10.0. The van der Waals surface area contributed by atoms with Gasteiger partial charge in [-0.15, -0.1) is 0 Å². The summed E-state index contributed by atoms with van der Waals surface area (Å²) < 4.78 is 26.8. The monoisotopic (exact) mass is 378 g/mol. The summed E-state index contributed by atoms with van der Waals surface area (Å²) in [6.45, 7) is 6.44. The lowest BCUT2D eigenvalue weighted by Gasteiger charge is -2.36. The van der Waals surface area contributed by atoms with Gasteiger partial charge in [0.05, 0.1) is 6.33 Å². The van der Waals surface area contributed by atoms with Gasteiger partial charge in [-0.2, -0.15) is 0 Å². The van der Waals surface area contributed by atoms with Gasteiger partial charge >= 0.3 is 0 Å². The van der Waals surface area contributed by atoms with Gasteiger partial charge in [-0.3, -0.25) is 4.79 Å². The first-order valence-corrected chi connectivity index (χ1v) is 9.74. The lowest BCUT2D eigenvalue weighted by molar-refractivity contribution is -0.137. The van der Waals surface area contributed by atoms with E-state index in [1.54, 1.807) is 4.90 Å². The van der Waals surface area contributed by atoms with E-state index in [9.17, 15) is 13.2 Å². The number of aromatic nitrogens is 2. The molecule has 0 fully saturated rings. The molecule has 1 heterocycles. The molecule has 0 unspecified atom stereocenters. The van der Waals surface area contributed by atoms with Gasteiger partial charge in [0.2, 0.25) is 5.91 Å². The first-order valence-electron chi connectivity index (χ1n) is 8.30. The van der Waals surface area contributed by atoms with Gasteiger partial charge in [-0.25, -0.2) is 17.7 Å². The van der Waals surface area contributed by atoms with Crippen LogP contribution in [0.2, 0.25) is 0 Å². The van der Waals surface area contributed by atoms with Crippen molar-refractivity contribution in [1.29, 1.82) is 0 Å². The summed E-state index contributed by atoms with van der Waals surface area (Å²) in [5, 5.41) is -0.0688. The largest absolute Gasteiger partial charge is 0.332 e. The highest BCUT2D eigenvalue weighted by Gasteiger charge is 2.27. The fourth-order valence-electron chi connectivity index (χ4n) is 2.45. The number of benzene rings is 1. The van der Waals surface area contributed by atoms with Crippen LogP contribution in [0, 0.1) is 0 Å². The lowest BCUT2D eigenvalue weighted by Crippen LogP contribution is -2.46. The zero-order valence-corrected chi connectivity index (χ0v) is 16.7. The highest BCUT2D eigenvalue weighted by molar-refractivity contribution is 7.89. The third-order valence-electron chi connectivity index (χ3n) is 3.97. The fraction of sp³-hybridized carbons (Fsp3) is 0.444. The summed E-state index contributed by atoms with van der Waals surface area (Å²) in [6.07, 6.45) is 2.76. The minimum Gasteiger partial charge on any atom is -0.332 e.